The van der Waals surface area contributed by atoms with E-state index in [0.29, 0.717) is 26.1 Å². The molecule has 5 nitrogen and oxygen atoms in total. The molecule has 0 bridgehead atoms. The summed E-state index contributed by atoms with van der Waals surface area (Å²) in [6.45, 7) is 6.73. The van der Waals surface area contributed by atoms with Gasteiger partial charge < -0.3 is 14.5 Å². The third-order valence-electron chi connectivity index (χ3n) is 2.40. The standard InChI is InChI=1S/C11H19FN2O3/c1-11(2,3)17-10(16)14-6-4-5-13(7-8-14)9(12)15/h4-8H2,1-3H3. The minimum atomic E-state index is -1.43. The number of amides is 2. The number of carbonyl (C=O) groups is 2. The van der Waals surface area contributed by atoms with E-state index in [2.05, 4.69) is 0 Å². The molecular weight excluding hydrogens is 227 g/mol. The van der Waals surface area contributed by atoms with Gasteiger partial charge in [0.25, 0.3) is 0 Å². The zero-order valence-corrected chi connectivity index (χ0v) is 10.5. The van der Waals surface area contributed by atoms with Crippen molar-refractivity contribution in [3.63, 3.8) is 0 Å². The highest BCUT2D eigenvalue weighted by Crippen LogP contribution is 2.12. The molecule has 0 atom stereocenters. The van der Waals surface area contributed by atoms with Gasteiger partial charge in [0.1, 0.15) is 5.60 Å². The molecule has 0 spiro atoms. The molecule has 1 fully saturated rings. The van der Waals surface area contributed by atoms with Crippen LogP contribution in [0.5, 0.6) is 0 Å². The summed E-state index contributed by atoms with van der Waals surface area (Å²) in [5.41, 5.74) is -0.543. The summed E-state index contributed by atoms with van der Waals surface area (Å²) >= 11 is 0. The van der Waals surface area contributed by atoms with Crippen LogP contribution in [-0.2, 0) is 4.74 Å². The van der Waals surface area contributed by atoms with Gasteiger partial charge in [-0.25, -0.2) is 9.59 Å². The van der Waals surface area contributed by atoms with E-state index in [-0.39, 0.29) is 6.54 Å². The molecule has 0 aromatic carbocycles. The van der Waals surface area contributed by atoms with Gasteiger partial charge in [-0.3, -0.25) is 0 Å². The number of hydrogen-bond acceptors (Lipinski definition) is 3. The highest BCUT2D eigenvalue weighted by Gasteiger charge is 2.25. The van der Waals surface area contributed by atoms with Crippen LogP contribution in [0.3, 0.4) is 0 Å². The summed E-state index contributed by atoms with van der Waals surface area (Å²) in [4.78, 5) is 24.9. The van der Waals surface area contributed by atoms with Crippen LogP contribution in [0.1, 0.15) is 27.2 Å². The van der Waals surface area contributed by atoms with Gasteiger partial charge in [0.05, 0.1) is 0 Å². The third kappa shape index (κ3) is 4.58. The van der Waals surface area contributed by atoms with Gasteiger partial charge in [-0.2, -0.15) is 0 Å². The topological polar surface area (TPSA) is 49.9 Å². The maximum atomic E-state index is 12.5. The van der Waals surface area contributed by atoms with E-state index in [1.807, 2.05) is 0 Å². The fourth-order valence-corrected chi connectivity index (χ4v) is 1.60. The molecule has 6 heteroatoms. The van der Waals surface area contributed by atoms with Crippen molar-refractivity contribution in [2.45, 2.75) is 32.8 Å². The molecule has 17 heavy (non-hydrogen) atoms. The molecule has 0 N–H and O–H groups in total. The number of halogens is 1. The smallest absolute Gasteiger partial charge is 0.410 e. The molecule has 1 heterocycles. The van der Waals surface area contributed by atoms with E-state index in [0.717, 1.165) is 4.90 Å². The number of rotatable bonds is 0. The first kappa shape index (κ1) is 13.7. The third-order valence-corrected chi connectivity index (χ3v) is 2.40. The second-order valence-electron chi connectivity index (χ2n) is 5.06. The molecule has 1 aliphatic heterocycles. The summed E-state index contributed by atoms with van der Waals surface area (Å²) in [5, 5.41) is 0. The quantitative estimate of drug-likeness (QED) is 0.485. The lowest BCUT2D eigenvalue weighted by molar-refractivity contribution is 0.0258. The van der Waals surface area contributed by atoms with Gasteiger partial charge in [-0.05, 0) is 27.2 Å². The number of nitrogens with zero attached hydrogens (tertiary/aromatic N) is 2. The van der Waals surface area contributed by atoms with Crippen LogP contribution in [0.4, 0.5) is 14.0 Å². The monoisotopic (exact) mass is 246 g/mol. The van der Waals surface area contributed by atoms with E-state index in [1.165, 1.54) is 4.90 Å². The molecular formula is C11H19FN2O3. The van der Waals surface area contributed by atoms with Crippen LogP contribution in [0.2, 0.25) is 0 Å². The lowest BCUT2D eigenvalue weighted by Crippen LogP contribution is -2.39. The van der Waals surface area contributed by atoms with Crippen molar-refractivity contribution in [2.24, 2.45) is 0 Å². The van der Waals surface area contributed by atoms with Crippen LogP contribution >= 0.6 is 0 Å². The lowest BCUT2D eigenvalue weighted by atomic mass is 10.2. The molecule has 0 unspecified atom stereocenters. The van der Waals surface area contributed by atoms with Gasteiger partial charge in [-0.1, -0.05) is 0 Å². The van der Waals surface area contributed by atoms with Crippen LogP contribution < -0.4 is 0 Å². The Kier molecular flexibility index (Phi) is 4.31. The largest absolute Gasteiger partial charge is 0.444 e. The van der Waals surface area contributed by atoms with E-state index in [4.69, 9.17) is 4.74 Å². The summed E-state index contributed by atoms with van der Waals surface area (Å²) in [6.07, 6.45) is -1.28. The van der Waals surface area contributed by atoms with E-state index in [1.54, 1.807) is 20.8 Å². The molecule has 0 aromatic rings. The van der Waals surface area contributed by atoms with Gasteiger partial charge in [-0.15, -0.1) is 4.39 Å². The van der Waals surface area contributed by atoms with Crippen LogP contribution in [-0.4, -0.2) is 53.8 Å². The SMILES string of the molecule is CC(C)(C)OC(=O)N1CCCN(C(=O)F)CC1. The highest BCUT2D eigenvalue weighted by molar-refractivity contribution is 5.69. The number of ether oxygens (including phenoxy) is 1. The highest BCUT2D eigenvalue weighted by atomic mass is 19.1. The predicted molar refractivity (Wildman–Crippen MR) is 60.5 cm³/mol. The average molecular weight is 246 g/mol. The van der Waals surface area contributed by atoms with E-state index in [9.17, 15) is 14.0 Å². The fraction of sp³-hybridized carbons (Fsp3) is 0.818. The van der Waals surface area contributed by atoms with Crippen LogP contribution in [0.15, 0.2) is 0 Å². The summed E-state index contributed by atoms with van der Waals surface area (Å²) < 4.78 is 17.7. The summed E-state index contributed by atoms with van der Waals surface area (Å²) in [7, 11) is 0. The van der Waals surface area contributed by atoms with Crippen molar-refractivity contribution in [2.75, 3.05) is 26.2 Å². The maximum Gasteiger partial charge on any atom is 0.410 e. The molecule has 0 aromatic heterocycles. The van der Waals surface area contributed by atoms with Crippen molar-refractivity contribution >= 4 is 12.3 Å². The normalized spacial score (nSPS) is 17.6. The fourth-order valence-electron chi connectivity index (χ4n) is 1.60. The van der Waals surface area contributed by atoms with E-state index < -0.39 is 17.9 Å². The predicted octanol–water partition coefficient (Wildman–Crippen LogP) is 2.02. The van der Waals surface area contributed by atoms with Gasteiger partial charge in [0.15, 0.2) is 0 Å². The Morgan fingerprint density at radius 3 is 2.12 bits per heavy atom. The Hall–Kier alpha value is -1.33. The Balaban J connectivity index is 2.51. The minimum Gasteiger partial charge on any atom is -0.444 e. The second kappa shape index (κ2) is 5.33. The van der Waals surface area contributed by atoms with Crippen molar-refractivity contribution in [3.05, 3.63) is 0 Å². The zero-order valence-electron chi connectivity index (χ0n) is 10.5. The van der Waals surface area contributed by atoms with Gasteiger partial charge >= 0.3 is 12.3 Å². The average Bonchev–Trinajstić information content (AvgIpc) is 2.39. The maximum absolute atomic E-state index is 12.5. The molecule has 0 radical (unpaired) electrons. The number of hydrogen-bond donors (Lipinski definition) is 0. The first-order valence-electron chi connectivity index (χ1n) is 5.72. The van der Waals surface area contributed by atoms with Gasteiger partial charge in [0.2, 0.25) is 0 Å². The van der Waals surface area contributed by atoms with Crippen LogP contribution in [0, 0.1) is 0 Å². The van der Waals surface area contributed by atoms with Gasteiger partial charge in [0, 0.05) is 26.2 Å². The first-order valence-corrected chi connectivity index (χ1v) is 5.72. The molecule has 1 aliphatic rings. The van der Waals surface area contributed by atoms with Crippen molar-refractivity contribution in [1.82, 2.24) is 9.80 Å². The summed E-state index contributed by atoms with van der Waals surface area (Å²) in [6, 6.07) is 0. The molecule has 0 saturated carbocycles. The van der Waals surface area contributed by atoms with E-state index >= 15 is 0 Å². The van der Waals surface area contributed by atoms with Crippen molar-refractivity contribution in [1.29, 1.82) is 0 Å². The Morgan fingerprint density at radius 1 is 1.06 bits per heavy atom. The zero-order chi connectivity index (χ0) is 13.1. The summed E-state index contributed by atoms with van der Waals surface area (Å²) in [5.74, 6) is 0. The molecule has 1 rings (SSSR count). The van der Waals surface area contributed by atoms with Crippen molar-refractivity contribution < 1.29 is 18.7 Å². The van der Waals surface area contributed by atoms with Crippen LogP contribution in [0.25, 0.3) is 0 Å². The molecule has 2 amide bonds. The minimum absolute atomic E-state index is 0.217. The molecule has 0 aliphatic carbocycles. The Bertz CT molecular complexity index is 302. The molecule has 98 valence electrons. The van der Waals surface area contributed by atoms with Crippen molar-refractivity contribution in [3.8, 4) is 0 Å². The Labute approximate surface area is 101 Å². The first-order chi connectivity index (χ1) is 7.79. The second-order valence-corrected chi connectivity index (χ2v) is 5.06. The Morgan fingerprint density at radius 2 is 1.59 bits per heavy atom. The lowest BCUT2D eigenvalue weighted by Gasteiger charge is -2.26. The number of carbonyl (C=O) groups excluding carboxylic acids is 2. The molecule has 1 saturated heterocycles.